The van der Waals surface area contributed by atoms with Gasteiger partial charge in [0.25, 0.3) is 0 Å². The van der Waals surface area contributed by atoms with Gasteiger partial charge in [-0.1, -0.05) is 54.0 Å². The summed E-state index contributed by atoms with van der Waals surface area (Å²) in [7, 11) is -3.98. The second kappa shape index (κ2) is 11.6. The summed E-state index contributed by atoms with van der Waals surface area (Å²) in [6.07, 6.45) is 0.907. The van der Waals surface area contributed by atoms with Gasteiger partial charge in [0.05, 0.1) is 11.9 Å². The van der Waals surface area contributed by atoms with E-state index >= 15 is 0 Å². The van der Waals surface area contributed by atoms with Gasteiger partial charge in [-0.3, -0.25) is 13.9 Å². The molecule has 2 rings (SSSR count). The molecule has 0 aliphatic carbocycles. The number of benzene rings is 2. The number of halogens is 2. The lowest BCUT2D eigenvalue weighted by Gasteiger charge is -2.31. The highest BCUT2D eigenvalue weighted by Crippen LogP contribution is 2.22. The van der Waals surface area contributed by atoms with Crippen molar-refractivity contribution in [2.24, 2.45) is 5.92 Å². The van der Waals surface area contributed by atoms with E-state index in [1.807, 2.05) is 26.0 Å². The summed E-state index contributed by atoms with van der Waals surface area (Å²) in [4.78, 5) is 27.4. The van der Waals surface area contributed by atoms with Crippen LogP contribution in [0.1, 0.15) is 26.3 Å². The van der Waals surface area contributed by atoms with Gasteiger partial charge in [0, 0.05) is 17.6 Å². The summed E-state index contributed by atoms with van der Waals surface area (Å²) in [6, 6.07) is 11.7. The maximum atomic E-state index is 14.4. The van der Waals surface area contributed by atoms with Crippen LogP contribution in [0.5, 0.6) is 0 Å². The van der Waals surface area contributed by atoms with Crippen LogP contribution in [0.15, 0.2) is 53.0 Å². The minimum atomic E-state index is -3.98. The molecule has 0 aliphatic heterocycles. The molecule has 1 atom stereocenters. The Morgan fingerprint density at radius 1 is 1.09 bits per heavy atom. The molecule has 0 fully saturated rings. The number of carbonyl (C=O) groups excluding carboxylic acids is 2. The van der Waals surface area contributed by atoms with Crippen molar-refractivity contribution in [2.45, 2.75) is 33.4 Å². The van der Waals surface area contributed by atoms with Crippen LogP contribution in [0.3, 0.4) is 0 Å². The summed E-state index contributed by atoms with van der Waals surface area (Å²) in [5, 5.41) is 2.80. The lowest BCUT2D eigenvalue weighted by Crippen LogP contribution is -2.51. The summed E-state index contributed by atoms with van der Waals surface area (Å²) in [6.45, 7) is 5.35. The first-order chi connectivity index (χ1) is 15.4. The van der Waals surface area contributed by atoms with E-state index in [1.54, 1.807) is 19.1 Å². The van der Waals surface area contributed by atoms with Gasteiger partial charge in [-0.25, -0.2) is 12.8 Å². The Kier molecular flexibility index (Phi) is 9.42. The van der Waals surface area contributed by atoms with E-state index in [9.17, 15) is 22.4 Å². The third-order valence-electron chi connectivity index (χ3n) is 4.89. The van der Waals surface area contributed by atoms with Gasteiger partial charge in [0.1, 0.15) is 18.4 Å². The smallest absolute Gasteiger partial charge is 0.244 e. The molecule has 2 amide bonds. The van der Waals surface area contributed by atoms with Crippen molar-refractivity contribution in [1.82, 2.24) is 10.2 Å². The van der Waals surface area contributed by atoms with Crippen LogP contribution >= 0.6 is 15.9 Å². The Labute approximate surface area is 203 Å². The molecule has 0 aliphatic rings. The highest BCUT2D eigenvalue weighted by Gasteiger charge is 2.31. The Hall–Kier alpha value is -2.46. The van der Waals surface area contributed by atoms with Gasteiger partial charge in [-0.15, -0.1) is 0 Å². The highest BCUT2D eigenvalue weighted by molar-refractivity contribution is 9.10. The molecule has 0 saturated heterocycles. The van der Waals surface area contributed by atoms with E-state index in [0.717, 1.165) is 26.7 Å². The second-order valence-electron chi connectivity index (χ2n) is 8.19. The fourth-order valence-electron chi connectivity index (χ4n) is 3.12. The van der Waals surface area contributed by atoms with Crippen LogP contribution in [0, 0.1) is 11.7 Å². The number of para-hydroxylation sites is 1. The molecule has 0 bridgehead atoms. The standard InChI is InChI=1S/C23H29BrFN3O4S/c1-16(2)13-26-23(30)17(3)27(14-18-8-7-9-19(24)12-18)22(29)15-28(33(4,31)32)21-11-6-5-10-20(21)25/h5-12,16-17H,13-15H2,1-4H3,(H,26,30)/t17-/m1/s1. The molecule has 2 aromatic carbocycles. The molecule has 0 aromatic heterocycles. The molecular weight excluding hydrogens is 513 g/mol. The maximum absolute atomic E-state index is 14.4. The van der Waals surface area contributed by atoms with E-state index in [4.69, 9.17) is 0 Å². The molecule has 7 nitrogen and oxygen atoms in total. The van der Waals surface area contributed by atoms with Crippen LogP contribution in [-0.4, -0.2) is 50.5 Å². The number of sulfonamides is 1. The third-order valence-corrected chi connectivity index (χ3v) is 6.51. The van der Waals surface area contributed by atoms with Gasteiger partial charge in [-0.2, -0.15) is 0 Å². The number of nitrogens with one attached hydrogen (secondary N) is 1. The fourth-order valence-corrected chi connectivity index (χ4v) is 4.41. The fraction of sp³-hybridized carbons (Fsp3) is 0.391. The summed E-state index contributed by atoms with van der Waals surface area (Å²) in [5.74, 6) is -1.53. The van der Waals surface area contributed by atoms with Crippen LogP contribution in [0.2, 0.25) is 0 Å². The molecule has 10 heteroatoms. The summed E-state index contributed by atoms with van der Waals surface area (Å²) >= 11 is 3.39. The van der Waals surface area contributed by atoms with Crippen LogP contribution < -0.4 is 9.62 Å². The number of carbonyl (C=O) groups is 2. The Balaban J connectivity index is 2.38. The SMILES string of the molecule is CC(C)CNC(=O)[C@@H](C)N(Cc1cccc(Br)c1)C(=O)CN(c1ccccc1F)S(C)(=O)=O. The van der Waals surface area contributed by atoms with Crippen LogP contribution in [0.4, 0.5) is 10.1 Å². The first kappa shape index (κ1) is 26.8. The Morgan fingerprint density at radius 2 is 1.76 bits per heavy atom. The van der Waals surface area contributed by atoms with Crippen LogP contribution in [-0.2, 0) is 26.2 Å². The van der Waals surface area contributed by atoms with E-state index in [2.05, 4.69) is 21.2 Å². The zero-order chi connectivity index (χ0) is 24.8. The average molecular weight is 542 g/mol. The number of nitrogens with zero attached hydrogens (tertiary/aromatic N) is 2. The monoisotopic (exact) mass is 541 g/mol. The molecule has 0 radical (unpaired) electrons. The zero-order valence-electron chi connectivity index (χ0n) is 19.1. The molecule has 180 valence electrons. The predicted molar refractivity (Wildman–Crippen MR) is 131 cm³/mol. The van der Waals surface area contributed by atoms with Crippen molar-refractivity contribution in [3.63, 3.8) is 0 Å². The number of rotatable bonds is 10. The quantitative estimate of drug-likeness (QED) is 0.498. The van der Waals surface area contributed by atoms with E-state index in [1.165, 1.54) is 23.1 Å². The van der Waals surface area contributed by atoms with Gasteiger partial charge in [-0.05, 0) is 42.7 Å². The Bertz CT molecular complexity index is 1090. The summed E-state index contributed by atoms with van der Waals surface area (Å²) in [5.41, 5.74) is 0.519. The first-order valence-electron chi connectivity index (χ1n) is 10.4. The molecule has 33 heavy (non-hydrogen) atoms. The molecule has 0 saturated carbocycles. The zero-order valence-corrected chi connectivity index (χ0v) is 21.5. The number of hydrogen-bond donors (Lipinski definition) is 1. The molecule has 0 unspecified atom stereocenters. The topological polar surface area (TPSA) is 86.8 Å². The largest absolute Gasteiger partial charge is 0.354 e. The summed E-state index contributed by atoms with van der Waals surface area (Å²) < 4.78 is 40.8. The molecule has 0 heterocycles. The molecular formula is C23H29BrFN3O4S. The number of anilines is 1. The molecule has 1 N–H and O–H groups in total. The van der Waals surface area contributed by atoms with Crippen LogP contribution in [0.25, 0.3) is 0 Å². The van der Waals surface area contributed by atoms with Crippen molar-refractivity contribution in [3.05, 3.63) is 64.4 Å². The normalized spacial score (nSPS) is 12.3. The maximum Gasteiger partial charge on any atom is 0.244 e. The number of hydrogen-bond acceptors (Lipinski definition) is 4. The van der Waals surface area contributed by atoms with Crippen molar-refractivity contribution < 1.29 is 22.4 Å². The average Bonchev–Trinajstić information content (AvgIpc) is 2.73. The third kappa shape index (κ3) is 7.82. The molecule has 2 aromatic rings. The van der Waals surface area contributed by atoms with Crippen molar-refractivity contribution in [2.75, 3.05) is 23.7 Å². The van der Waals surface area contributed by atoms with Crippen molar-refractivity contribution >= 4 is 43.5 Å². The predicted octanol–water partition coefficient (Wildman–Crippen LogP) is 3.54. The van der Waals surface area contributed by atoms with E-state index in [-0.39, 0.29) is 24.1 Å². The van der Waals surface area contributed by atoms with E-state index < -0.39 is 34.3 Å². The van der Waals surface area contributed by atoms with E-state index in [0.29, 0.717) is 6.54 Å². The highest BCUT2D eigenvalue weighted by atomic mass is 79.9. The van der Waals surface area contributed by atoms with Crippen molar-refractivity contribution in [1.29, 1.82) is 0 Å². The van der Waals surface area contributed by atoms with Gasteiger partial charge < -0.3 is 10.2 Å². The van der Waals surface area contributed by atoms with Gasteiger partial charge in [0.15, 0.2) is 0 Å². The minimum Gasteiger partial charge on any atom is -0.354 e. The first-order valence-corrected chi connectivity index (χ1v) is 13.1. The Morgan fingerprint density at radius 3 is 2.33 bits per heavy atom. The van der Waals surface area contributed by atoms with Gasteiger partial charge in [0.2, 0.25) is 21.8 Å². The van der Waals surface area contributed by atoms with Crippen molar-refractivity contribution in [3.8, 4) is 0 Å². The lowest BCUT2D eigenvalue weighted by molar-refractivity contribution is -0.139. The minimum absolute atomic E-state index is 0.0728. The second-order valence-corrected chi connectivity index (χ2v) is 11.0. The molecule has 0 spiro atoms. The lowest BCUT2D eigenvalue weighted by atomic mass is 10.1. The number of amides is 2. The van der Waals surface area contributed by atoms with Gasteiger partial charge >= 0.3 is 0 Å².